The van der Waals surface area contributed by atoms with Crippen LogP contribution in [-0.2, 0) is 0 Å². The van der Waals surface area contributed by atoms with Crippen molar-refractivity contribution in [2.45, 2.75) is 6.04 Å². The Bertz CT molecular complexity index is 352. The van der Waals surface area contributed by atoms with Gasteiger partial charge in [-0.05, 0) is 6.08 Å². The predicted octanol–water partition coefficient (Wildman–Crippen LogP) is 0.568. The molecule has 0 spiro atoms. The second-order valence-corrected chi connectivity index (χ2v) is 2.42. The van der Waals surface area contributed by atoms with Crippen LogP contribution in [0.1, 0.15) is 0 Å². The second kappa shape index (κ2) is 2.37. The van der Waals surface area contributed by atoms with E-state index in [2.05, 4.69) is 9.98 Å². The summed E-state index contributed by atoms with van der Waals surface area (Å²) < 4.78 is 0. The molecule has 0 aromatic rings. The molecule has 0 radical (unpaired) electrons. The van der Waals surface area contributed by atoms with Crippen molar-refractivity contribution in [1.82, 2.24) is 0 Å². The number of nitrogens with zero attached hydrogens (tertiary/aromatic N) is 3. The summed E-state index contributed by atoms with van der Waals surface area (Å²) in [5.74, 6) is 0.458. The van der Waals surface area contributed by atoms with Gasteiger partial charge in [0.1, 0.15) is 0 Å². The molecule has 0 N–H and O–H groups in total. The quantitative estimate of drug-likeness (QED) is 0.418. The monoisotopic (exact) mass is 163 g/mol. The summed E-state index contributed by atoms with van der Waals surface area (Å²) in [7, 11) is 0. The third kappa shape index (κ3) is 0.868. The number of fused-ring (bicyclic) bond motifs is 1. The van der Waals surface area contributed by atoms with Crippen molar-refractivity contribution in [2.75, 3.05) is 0 Å². The SMILES string of the molecule is O=[N+]([O-])[C@@H]1C=CN=C2N=CC=C21. The van der Waals surface area contributed by atoms with Gasteiger partial charge in [-0.25, -0.2) is 9.98 Å². The third-order valence-corrected chi connectivity index (χ3v) is 1.72. The number of amidine groups is 1. The van der Waals surface area contributed by atoms with Crippen LogP contribution in [0.25, 0.3) is 0 Å². The van der Waals surface area contributed by atoms with E-state index in [1.807, 2.05) is 0 Å². The van der Waals surface area contributed by atoms with Crippen LogP contribution in [0.4, 0.5) is 0 Å². The van der Waals surface area contributed by atoms with Gasteiger partial charge in [0.05, 0.1) is 5.57 Å². The highest BCUT2D eigenvalue weighted by Gasteiger charge is 2.29. The van der Waals surface area contributed by atoms with E-state index < -0.39 is 6.04 Å². The molecule has 5 nitrogen and oxygen atoms in total. The van der Waals surface area contributed by atoms with Gasteiger partial charge in [0.2, 0.25) is 0 Å². The Hall–Kier alpha value is -1.78. The Morgan fingerprint density at radius 3 is 3.17 bits per heavy atom. The van der Waals surface area contributed by atoms with E-state index in [1.165, 1.54) is 18.5 Å². The molecule has 0 unspecified atom stereocenters. The molecule has 2 aliphatic heterocycles. The minimum absolute atomic E-state index is 0.355. The number of rotatable bonds is 1. The molecule has 0 saturated carbocycles. The Morgan fingerprint density at radius 2 is 2.42 bits per heavy atom. The first-order chi connectivity index (χ1) is 5.79. The molecule has 0 aliphatic carbocycles. The van der Waals surface area contributed by atoms with E-state index in [0.29, 0.717) is 11.4 Å². The smallest absolute Gasteiger partial charge is 0.261 e. The highest BCUT2D eigenvalue weighted by molar-refractivity contribution is 6.12. The largest absolute Gasteiger partial charge is 0.264 e. The highest BCUT2D eigenvalue weighted by atomic mass is 16.6. The van der Waals surface area contributed by atoms with Gasteiger partial charge in [0.15, 0.2) is 5.84 Å². The maximum absolute atomic E-state index is 10.5. The van der Waals surface area contributed by atoms with Crippen LogP contribution in [-0.4, -0.2) is 23.0 Å². The summed E-state index contributed by atoms with van der Waals surface area (Å²) in [5, 5.41) is 10.5. The van der Waals surface area contributed by atoms with E-state index in [9.17, 15) is 10.1 Å². The summed E-state index contributed by atoms with van der Waals surface area (Å²) >= 11 is 0. The normalized spacial score (nSPS) is 24.8. The van der Waals surface area contributed by atoms with Gasteiger partial charge in [-0.15, -0.1) is 0 Å². The number of nitro groups is 1. The van der Waals surface area contributed by atoms with Crippen LogP contribution < -0.4 is 0 Å². The van der Waals surface area contributed by atoms with E-state index in [4.69, 9.17) is 0 Å². The molecule has 0 bridgehead atoms. The summed E-state index contributed by atoms with van der Waals surface area (Å²) in [4.78, 5) is 17.9. The van der Waals surface area contributed by atoms with Gasteiger partial charge < -0.3 is 0 Å². The number of aliphatic imine (C=N–C) groups is 2. The van der Waals surface area contributed by atoms with Gasteiger partial charge in [0, 0.05) is 23.4 Å². The molecule has 2 aliphatic rings. The predicted molar refractivity (Wildman–Crippen MR) is 43.9 cm³/mol. The van der Waals surface area contributed by atoms with Gasteiger partial charge >= 0.3 is 0 Å². The van der Waals surface area contributed by atoms with Crippen molar-refractivity contribution < 1.29 is 4.92 Å². The number of allylic oxidation sites excluding steroid dienone is 1. The molecular formula is C7H5N3O2. The molecule has 5 heteroatoms. The Labute approximate surface area is 68.0 Å². The molecule has 12 heavy (non-hydrogen) atoms. The van der Waals surface area contributed by atoms with Crippen molar-refractivity contribution in [1.29, 1.82) is 0 Å². The molecule has 0 fully saturated rings. The Morgan fingerprint density at radius 1 is 1.58 bits per heavy atom. The van der Waals surface area contributed by atoms with Crippen LogP contribution in [0, 0.1) is 10.1 Å². The topological polar surface area (TPSA) is 67.9 Å². The van der Waals surface area contributed by atoms with Crippen molar-refractivity contribution in [3.63, 3.8) is 0 Å². The van der Waals surface area contributed by atoms with Crippen LogP contribution in [0.3, 0.4) is 0 Å². The maximum atomic E-state index is 10.5. The van der Waals surface area contributed by atoms with E-state index in [1.54, 1.807) is 6.08 Å². The molecular weight excluding hydrogens is 158 g/mol. The summed E-state index contributed by atoms with van der Waals surface area (Å²) in [6.45, 7) is 0. The lowest BCUT2D eigenvalue weighted by Gasteiger charge is -2.08. The standard InChI is InChI=1S/C7H5N3O2/c11-10(12)6-2-4-9-7-5(6)1-3-8-7/h1-4,6H/t6-/m1/s1. The van der Waals surface area contributed by atoms with Crippen molar-refractivity contribution in [3.05, 3.63) is 34.0 Å². The number of hydrogen-bond acceptors (Lipinski definition) is 4. The molecule has 60 valence electrons. The van der Waals surface area contributed by atoms with Crippen molar-refractivity contribution in [2.24, 2.45) is 9.98 Å². The molecule has 0 amide bonds. The van der Waals surface area contributed by atoms with Crippen LogP contribution in [0.5, 0.6) is 0 Å². The summed E-state index contributed by atoms with van der Waals surface area (Å²) in [5.41, 5.74) is 0.572. The lowest BCUT2D eigenvalue weighted by molar-refractivity contribution is -0.498. The zero-order valence-corrected chi connectivity index (χ0v) is 6.04. The highest BCUT2D eigenvalue weighted by Crippen LogP contribution is 2.18. The van der Waals surface area contributed by atoms with E-state index >= 15 is 0 Å². The van der Waals surface area contributed by atoms with Gasteiger partial charge in [-0.3, -0.25) is 10.1 Å². The number of hydrogen-bond donors (Lipinski definition) is 0. The third-order valence-electron chi connectivity index (χ3n) is 1.72. The Kier molecular flexibility index (Phi) is 1.36. The fraction of sp³-hybridized carbons (Fsp3) is 0.143. The minimum atomic E-state index is -0.778. The van der Waals surface area contributed by atoms with Gasteiger partial charge in [0.25, 0.3) is 6.04 Å². The first-order valence-electron chi connectivity index (χ1n) is 3.41. The first kappa shape index (κ1) is 6.90. The van der Waals surface area contributed by atoms with E-state index in [-0.39, 0.29) is 4.92 Å². The fourth-order valence-corrected chi connectivity index (χ4v) is 1.16. The van der Waals surface area contributed by atoms with Crippen LogP contribution in [0.2, 0.25) is 0 Å². The lowest BCUT2D eigenvalue weighted by Crippen LogP contribution is -2.24. The van der Waals surface area contributed by atoms with Gasteiger partial charge in [-0.2, -0.15) is 0 Å². The van der Waals surface area contributed by atoms with Crippen molar-refractivity contribution >= 4 is 12.1 Å². The molecule has 0 aromatic carbocycles. The fourth-order valence-electron chi connectivity index (χ4n) is 1.16. The average Bonchev–Trinajstić information content (AvgIpc) is 2.49. The van der Waals surface area contributed by atoms with E-state index in [0.717, 1.165) is 0 Å². The van der Waals surface area contributed by atoms with Crippen LogP contribution in [0.15, 0.2) is 33.9 Å². The molecule has 0 aromatic heterocycles. The average molecular weight is 163 g/mol. The summed E-state index contributed by atoms with van der Waals surface area (Å²) in [6.07, 6.45) is 6.01. The summed E-state index contributed by atoms with van der Waals surface area (Å²) in [6, 6.07) is -0.778. The van der Waals surface area contributed by atoms with Crippen LogP contribution >= 0.6 is 0 Å². The van der Waals surface area contributed by atoms with Crippen molar-refractivity contribution in [3.8, 4) is 0 Å². The first-order valence-corrected chi connectivity index (χ1v) is 3.41. The molecule has 1 atom stereocenters. The lowest BCUT2D eigenvalue weighted by atomic mass is 10.1. The second-order valence-electron chi connectivity index (χ2n) is 2.42. The molecule has 2 rings (SSSR count). The Balaban J connectivity index is 2.39. The molecule has 0 saturated heterocycles. The maximum Gasteiger partial charge on any atom is 0.261 e. The van der Waals surface area contributed by atoms with Gasteiger partial charge in [-0.1, -0.05) is 0 Å². The zero-order valence-electron chi connectivity index (χ0n) is 6.04. The minimum Gasteiger partial charge on any atom is -0.264 e. The zero-order chi connectivity index (χ0) is 8.55. The molecule has 2 heterocycles.